The smallest absolute Gasteiger partial charge is 0.300 e. The highest BCUT2D eigenvalue weighted by atomic mass is 16.8. The molecule has 0 aliphatic carbocycles. The Morgan fingerprint density at radius 1 is 1.47 bits per heavy atom. The van der Waals surface area contributed by atoms with Crippen molar-refractivity contribution >= 4 is 17.6 Å². The molecule has 2 rings (SSSR count). The van der Waals surface area contributed by atoms with Crippen molar-refractivity contribution in [3.8, 4) is 0 Å². The molecule has 0 saturated carbocycles. The van der Waals surface area contributed by atoms with Crippen molar-refractivity contribution in [1.82, 2.24) is 0 Å². The van der Waals surface area contributed by atoms with Gasteiger partial charge in [-0.2, -0.15) is 5.06 Å². The first kappa shape index (κ1) is 12.8. The predicted molar refractivity (Wildman–Crippen MR) is 60.9 cm³/mol. The van der Waals surface area contributed by atoms with Gasteiger partial charge in [-0.15, -0.1) is 0 Å². The van der Waals surface area contributed by atoms with E-state index < -0.39 is 5.97 Å². The van der Waals surface area contributed by atoms with Crippen molar-refractivity contribution < 1.29 is 19.6 Å². The number of nitrogens with two attached hydrogens (primary N) is 1. The third kappa shape index (κ3) is 4.39. The molecule has 17 heavy (non-hydrogen) atoms. The Labute approximate surface area is 98.0 Å². The maximum Gasteiger partial charge on any atom is 0.300 e. The van der Waals surface area contributed by atoms with Crippen LogP contribution >= 0.6 is 0 Å². The quantitative estimate of drug-likeness (QED) is 0.749. The van der Waals surface area contributed by atoms with Crippen LogP contribution < -0.4 is 10.8 Å². The molecular weight excluding hydrogens is 226 g/mol. The molecule has 0 amide bonds. The van der Waals surface area contributed by atoms with Crippen LogP contribution in [0.15, 0.2) is 35.5 Å². The van der Waals surface area contributed by atoms with Crippen molar-refractivity contribution in [2.45, 2.75) is 6.92 Å². The molecular formula is C10H13N3O4. The summed E-state index contributed by atoms with van der Waals surface area (Å²) in [5, 5.41) is 12.4. The van der Waals surface area contributed by atoms with Gasteiger partial charge in [-0.3, -0.25) is 4.79 Å². The molecule has 0 aromatic heterocycles. The van der Waals surface area contributed by atoms with Crippen LogP contribution in [0, 0.1) is 0 Å². The number of carbonyl (C=O) groups is 1. The SMILES string of the molecule is CC(=O)O.NC1=NOCON1c1ccccc1. The Morgan fingerprint density at radius 2 is 2.06 bits per heavy atom. The monoisotopic (exact) mass is 239 g/mol. The molecule has 7 heteroatoms. The normalized spacial score (nSPS) is 13.9. The lowest BCUT2D eigenvalue weighted by molar-refractivity contribution is -0.134. The summed E-state index contributed by atoms with van der Waals surface area (Å²) in [6.07, 6.45) is 0. The zero-order chi connectivity index (χ0) is 12.7. The lowest BCUT2D eigenvalue weighted by Gasteiger charge is -2.24. The van der Waals surface area contributed by atoms with E-state index >= 15 is 0 Å². The van der Waals surface area contributed by atoms with Crippen LogP contribution in [0.5, 0.6) is 0 Å². The highest BCUT2D eigenvalue weighted by Gasteiger charge is 2.15. The Hall–Kier alpha value is -2.28. The van der Waals surface area contributed by atoms with Gasteiger partial charge < -0.3 is 15.7 Å². The second-order valence-electron chi connectivity index (χ2n) is 2.97. The number of carboxylic acids is 1. The summed E-state index contributed by atoms with van der Waals surface area (Å²) in [4.78, 5) is 18.8. The van der Waals surface area contributed by atoms with E-state index in [0.29, 0.717) is 0 Å². The summed E-state index contributed by atoms with van der Waals surface area (Å²) in [5.41, 5.74) is 6.36. The number of aliphatic carboxylic acids is 1. The number of hydroxylamine groups is 1. The third-order valence-corrected chi connectivity index (χ3v) is 1.59. The Balaban J connectivity index is 0.000000317. The summed E-state index contributed by atoms with van der Waals surface area (Å²) < 4.78 is 0. The van der Waals surface area contributed by atoms with Gasteiger partial charge in [0.25, 0.3) is 11.9 Å². The summed E-state index contributed by atoms with van der Waals surface area (Å²) in [7, 11) is 0. The minimum atomic E-state index is -0.833. The second-order valence-corrected chi connectivity index (χ2v) is 2.97. The third-order valence-electron chi connectivity index (χ3n) is 1.59. The van der Waals surface area contributed by atoms with Crippen molar-refractivity contribution in [3.05, 3.63) is 30.3 Å². The van der Waals surface area contributed by atoms with Crippen LogP contribution in [0.4, 0.5) is 5.69 Å². The number of anilines is 1. The fraction of sp³-hybridized carbons (Fsp3) is 0.200. The van der Waals surface area contributed by atoms with Crippen LogP contribution in [0.2, 0.25) is 0 Å². The first-order valence-corrected chi connectivity index (χ1v) is 4.74. The average Bonchev–Trinajstić information content (AvgIpc) is 2.30. The number of guanidine groups is 1. The van der Waals surface area contributed by atoms with Gasteiger partial charge in [-0.05, 0) is 17.3 Å². The van der Waals surface area contributed by atoms with E-state index in [9.17, 15) is 0 Å². The highest BCUT2D eigenvalue weighted by Crippen LogP contribution is 2.14. The zero-order valence-corrected chi connectivity index (χ0v) is 9.24. The molecule has 0 unspecified atom stereocenters. The predicted octanol–water partition coefficient (Wildman–Crippen LogP) is 0.733. The Kier molecular flexibility index (Phi) is 4.77. The number of carboxylic acid groups (broad SMARTS) is 1. The summed E-state index contributed by atoms with van der Waals surface area (Å²) in [6.45, 7) is 1.16. The van der Waals surface area contributed by atoms with E-state index in [1.54, 1.807) is 0 Å². The zero-order valence-electron chi connectivity index (χ0n) is 9.24. The van der Waals surface area contributed by atoms with Crippen molar-refractivity contribution in [2.75, 3.05) is 11.9 Å². The average molecular weight is 239 g/mol. The second kappa shape index (κ2) is 6.33. The molecule has 3 N–H and O–H groups in total. The maximum absolute atomic E-state index is 9.00. The van der Waals surface area contributed by atoms with E-state index in [1.165, 1.54) is 5.06 Å². The van der Waals surface area contributed by atoms with Crippen molar-refractivity contribution in [1.29, 1.82) is 0 Å². The van der Waals surface area contributed by atoms with Crippen LogP contribution in [-0.4, -0.2) is 23.8 Å². The van der Waals surface area contributed by atoms with Gasteiger partial charge in [0, 0.05) is 6.92 Å². The number of nitrogens with zero attached hydrogens (tertiary/aromatic N) is 2. The van der Waals surface area contributed by atoms with Gasteiger partial charge in [0.1, 0.15) is 0 Å². The number of rotatable bonds is 1. The van der Waals surface area contributed by atoms with E-state index in [1.807, 2.05) is 30.3 Å². The molecule has 92 valence electrons. The fourth-order valence-electron chi connectivity index (χ4n) is 1.04. The van der Waals surface area contributed by atoms with Gasteiger partial charge in [-0.25, -0.2) is 4.84 Å². The van der Waals surface area contributed by atoms with Crippen LogP contribution in [0.1, 0.15) is 6.92 Å². The Morgan fingerprint density at radius 3 is 2.59 bits per heavy atom. The molecule has 1 aliphatic heterocycles. The minimum absolute atomic E-state index is 0.0790. The van der Waals surface area contributed by atoms with Crippen LogP contribution in [-0.2, 0) is 14.5 Å². The highest BCUT2D eigenvalue weighted by molar-refractivity contribution is 5.92. The lowest BCUT2D eigenvalue weighted by Crippen LogP contribution is -2.40. The first-order valence-electron chi connectivity index (χ1n) is 4.74. The maximum atomic E-state index is 9.00. The molecule has 0 fully saturated rings. The van der Waals surface area contributed by atoms with Crippen LogP contribution in [0.3, 0.4) is 0 Å². The largest absolute Gasteiger partial charge is 0.481 e. The lowest BCUT2D eigenvalue weighted by atomic mass is 10.3. The standard InChI is InChI=1S/C8H9N3O2.C2H4O2/c9-8-10-12-6-13-11(8)7-4-2-1-3-5-7;1-2(3)4/h1-5H,6H2,(H2,9,10);1H3,(H,3,4). The van der Waals surface area contributed by atoms with E-state index in [4.69, 9.17) is 20.5 Å². The minimum Gasteiger partial charge on any atom is -0.481 e. The molecule has 1 aromatic carbocycles. The molecule has 1 aromatic rings. The van der Waals surface area contributed by atoms with Crippen LogP contribution in [0.25, 0.3) is 0 Å². The molecule has 1 heterocycles. The topological polar surface area (TPSA) is 97.4 Å². The van der Waals surface area contributed by atoms with Gasteiger partial charge in [0.15, 0.2) is 0 Å². The van der Waals surface area contributed by atoms with E-state index in [0.717, 1.165) is 12.6 Å². The van der Waals surface area contributed by atoms with Crippen molar-refractivity contribution in [2.24, 2.45) is 10.9 Å². The number of para-hydroxylation sites is 1. The summed E-state index contributed by atoms with van der Waals surface area (Å²) >= 11 is 0. The van der Waals surface area contributed by atoms with Crippen molar-refractivity contribution in [3.63, 3.8) is 0 Å². The van der Waals surface area contributed by atoms with Gasteiger partial charge in [0.2, 0.25) is 6.79 Å². The molecule has 1 aliphatic rings. The van der Waals surface area contributed by atoms with Gasteiger partial charge >= 0.3 is 0 Å². The number of hydrogen-bond donors (Lipinski definition) is 2. The summed E-state index contributed by atoms with van der Waals surface area (Å²) in [6, 6.07) is 9.43. The number of hydrogen-bond acceptors (Lipinski definition) is 6. The first-order chi connectivity index (χ1) is 8.11. The van der Waals surface area contributed by atoms with E-state index in [2.05, 4.69) is 9.99 Å². The molecule has 0 radical (unpaired) electrons. The molecule has 0 atom stereocenters. The molecule has 7 nitrogen and oxygen atoms in total. The Bertz CT molecular complexity index is 390. The van der Waals surface area contributed by atoms with Gasteiger partial charge in [0.05, 0.1) is 5.69 Å². The summed E-state index contributed by atoms with van der Waals surface area (Å²) in [5.74, 6) is -0.641. The van der Waals surface area contributed by atoms with E-state index in [-0.39, 0.29) is 12.8 Å². The molecule has 0 spiro atoms. The number of oxime groups is 1. The fourth-order valence-corrected chi connectivity index (χ4v) is 1.04. The molecule has 0 bridgehead atoms. The molecule has 0 saturated heterocycles. The van der Waals surface area contributed by atoms with Gasteiger partial charge in [-0.1, -0.05) is 18.2 Å². The number of benzene rings is 1.